The number of nitrogens with one attached hydrogen (secondary N) is 1. The van der Waals surface area contributed by atoms with Crippen molar-refractivity contribution in [1.82, 2.24) is 15.1 Å². The van der Waals surface area contributed by atoms with Gasteiger partial charge in [0.2, 0.25) is 0 Å². The Bertz CT molecular complexity index is 578. The van der Waals surface area contributed by atoms with E-state index in [-0.39, 0.29) is 5.69 Å². The number of aromatic nitrogens is 2. The lowest BCUT2D eigenvalue weighted by atomic mass is 10.1. The van der Waals surface area contributed by atoms with Gasteiger partial charge in [0.1, 0.15) is 0 Å². The maximum Gasteiger partial charge on any atom is 0.418 e. The summed E-state index contributed by atoms with van der Waals surface area (Å²) in [5.41, 5.74) is -0.112. The molecule has 0 aliphatic rings. The largest absolute Gasteiger partial charge is 0.418 e. The lowest BCUT2D eigenvalue weighted by molar-refractivity contribution is -0.137. The minimum absolute atomic E-state index is 0.0121. The number of hydrogen-bond acceptors (Lipinski definition) is 2. The topological polar surface area (TPSA) is 29.9 Å². The van der Waals surface area contributed by atoms with Crippen molar-refractivity contribution >= 4 is 15.9 Å². The Morgan fingerprint density at radius 1 is 1.37 bits per heavy atom. The number of halogens is 4. The van der Waals surface area contributed by atoms with Gasteiger partial charge in [-0.2, -0.15) is 18.3 Å². The monoisotopic (exact) mass is 333 g/mol. The number of rotatable bonds is 3. The molecule has 1 aromatic carbocycles. The van der Waals surface area contributed by atoms with Crippen LogP contribution in [-0.2, 0) is 12.7 Å². The summed E-state index contributed by atoms with van der Waals surface area (Å²) in [6, 6.07) is 4.22. The molecule has 7 heteroatoms. The Labute approximate surface area is 116 Å². The molecule has 0 atom stereocenters. The summed E-state index contributed by atoms with van der Waals surface area (Å²) in [7, 11) is 1.69. The third-order valence-corrected chi connectivity index (χ3v) is 2.95. The first-order valence-electron chi connectivity index (χ1n) is 5.47. The molecule has 2 rings (SSSR count). The normalized spacial score (nSPS) is 11.8. The van der Waals surface area contributed by atoms with Gasteiger partial charge in [-0.25, -0.2) is 4.68 Å². The molecule has 1 heterocycles. The maximum atomic E-state index is 13.1. The van der Waals surface area contributed by atoms with E-state index in [2.05, 4.69) is 26.3 Å². The van der Waals surface area contributed by atoms with Crippen LogP contribution in [0.25, 0.3) is 5.69 Å². The second kappa shape index (κ2) is 5.34. The summed E-state index contributed by atoms with van der Waals surface area (Å²) >= 11 is 3.17. The van der Waals surface area contributed by atoms with Crippen LogP contribution in [0.5, 0.6) is 0 Å². The van der Waals surface area contributed by atoms with Crippen LogP contribution in [-0.4, -0.2) is 16.8 Å². The Balaban J connectivity index is 2.54. The van der Waals surface area contributed by atoms with Crippen molar-refractivity contribution in [3.63, 3.8) is 0 Å². The van der Waals surface area contributed by atoms with Crippen LogP contribution in [0.2, 0.25) is 0 Å². The van der Waals surface area contributed by atoms with E-state index in [9.17, 15) is 13.2 Å². The lowest BCUT2D eigenvalue weighted by Crippen LogP contribution is -2.13. The van der Waals surface area contributed by atoms with Crippen molar-refractivity contribution in [2.24, 2.45) is 0 Å². The van der Waals surface area contributed by atoms with E-state index in [0.29, 0.717) is 16.6 Å². The highest BCUT2D eigenvalue weighted by Gasteiger charge is 2.34. The quantitative estimate of drug-likeness (QED) is 0.933. The predicted molar refractivity (Wildman–Crippen MR) is 69.0 cm³/mol. The number of benzene rings is 1. The van der Waals surface area contributed by atoms with Crippen LogP contribution in [0.4, 0.5) is 13.2 Å². The molecular weight excluding hydrogens is 323 g/mol. The average Bonchev–Trinajstić information content (AvgIpc) is 2.75. The minimum Gasteiger partial charge on any atom is -0.316 e. The third kappa shape index (κ3) is 3.16. The molecule has 0 fully saturated rings. The van der Waals surface area contributed by atoms with Crippen molar-refractivity contribution in [3.8, 4) is 5.69 Å². The number of nitrogens with zero attached hydrogens (tertiary/aromatic N) is 2. The van der Waals surface area contributed by atoms with Gasteiger partial charge in [0.15, 0.2) is 0 Å². The van der Waals surface area contributed by atoms with E-state index in [0.717, 1.165) is 6.07 Å². The van der Waals surface area contributed by atoms with Crippen molar-refractivity contribution in [2.75, 3.05) is 7.05 Å². The van der Waals surface area contributed by atoms with Gasteiger partial charge in [0.05, 0.1) is 21.9 Å². The van der Waals surface area contributed by atoms with E-state index in [1.54, 1.807) is 13.1 Å². The molecule has 0 radical (unpaired) electrons. The fraction of sp³-hybridized carbons (Fsp3) is 0.250. The van der Waals surface area contributed by atoms with Gasteiger partial charge in [-0.05, 0) is 40.7 Å². The number of hydrogen-bond donors (Lipinski definition) is 1. The standard InChI is InChI=1S/C12H11BrF3N3/c1-17-5-8-2-3-11(10(4-8)12(14,15)16)19-7-9(13)6-18-19/h2-4,6-7,17H,5H2,1H3. The fourth-order valence-corrected chi connectivity index (χ4v) is 2.04. The van der Waals surface area contributed by atoms with Gasteiger partial charge in [-0.15, -0.1) is 0 Å². The first-order chi connectivity index (χ1) is 8.91. The van der Waals surface area contributed by atoms with E-state index in [1.165, 1.54) is 23.1 Å². The van der Waals surface area contributed by atoms with Crippen LogP contribution in [0.15, 0.2) is 35.1 Å². The van der Waals surface area contributed by atoms with Crippen LogP contribution >= 0.6 is 15.9 Å². The summed E-state index contributed by atoms with van der Waals surface area (Å²) in [5.74, 6) is 0. The molecule has 0 amide bonds. The third-order valence-electron chi connectivity index (χ3n) is 2.55. The molecule has 1 N–H and O–H groups in total. The molecule has 2 aromatic rings. The minimum atomic E-state index is -4.42. The van der Waals surface area contributed by atoms with Crippen molar-refractivity contribution in [2.45, 2.75) is 12.7 Å². The van der Waals surface area contributed by atoms with Crippen LogP contribution in [0.1, 0.15) is 11.1 Å². The molecule has 3 nitrogen and oxygen atoms in total. The molecule has 19 heavy (non-hydrogen) atoms. The zero-order valence-electron chi connectivity index (χ0n) is 10.0. The van der Waals surface area contributed by atoms with Gasteiger partial charge in [0.25, 0.3) is 0 Å². The van der Waals surface area contributed by atoms with Crippen molar-refractivity contribution < 1.29 is 13.2 Å². The second-order valence-electron chi connectivity index (χ2n) is 3.98. The van der Waals surface area contributed by atoms with Crippen molar-refractivity contribution in [1.29, 1.82) is 0 Å². The molecule has 102 valence electrons. The highest BCUT2D eigenvalue weighted by molar-refractivity contribution is 9.10. The van der Waals surface area contributed by atoms with Crippen molar-refractivity contribution in [3.05, 3.63) is 46.2 Å². The fourth-order valence-electron chi connectivity index (χ4n) is 1.76. The Hall–Kier alpha value is -1.34. The van der Waals surface area contributed by atoms with E-state index in [1.807, 2.05) is 0 Å². The highest BCUT2D eigenvalue weighted by atomic mass is 79.9. The molecule has 0 bridgehead atoms. The van der Waals surface area contributed by atoms with Gasteiger partial charge in [-0.1, -0.05) is 6.07 Å². The zero-order chi connectivity index (χ0) is 14.0. The maximum absolute atomic E-state index is 13.1. The SMILES string of the molecule is CNCc1ccc(-n2cc(Br)cn2)c(C(F)(F)F)c1. The zero-order valence-corrected chi connectivity index (χ0v) is 11.6. The molecule has 0 unspecified atom stereocenters. The molecule has 0 spiro atoms. The molecule has 0 saturated carbocycles. The van der Waals surface area contributed by atoms with Crippen LogP contribution in [0, 0.1) is 0 Å². The van der Waals surface area contributed by atoms with E-state index >= 15 is 0 Å². The Morgan fingerprint density at radius 2 is 2.11 bits per heavy atom. The summed E-state index contributed by atoms with van der Waals surface area (Å²) in [4.78, 5) is 0. The smallest absolute Gasteiger partial charge is 0.316 e. The summed E-state index contributed by atoms with van der Waals surface area (Å²) in [6.07, 6.45) is -1.48. The Kier molecular flexibility index (Phi) is 3.96. The van der Waals surface area contributed by atoms with E-state index in [4.69, 9.17) is 0 Å². The first kappa shape index (κ1) is 14.1. The highest BCUT2D eigenvalue weighted by Crippen LogP contribution is 2.34. The van der Waals surface area contributed by atoms with Crippen LogP contribution < -0.4 is 5.32 Å². The van der Waals surface area contributed by atoms with Gasteiger partial charge >= 0.3 is 6.18 Å². The molecule has 1 aromatic heterocycles. The molecule has 0 aliphatic heterocycles. The summed E-state index contributed by atoms with van der Waals surface area (Å²) in [5, 5.41) is 6.72. The van der Waals surface area contributed by atoms with Gasteiger partial charge < -0.3 is 5.32 Å². The lowest BCUT2D eigenvalue weighted by Gasteiger charge is -2.14. The Morgan fingerprint density at radius 3 is 2.63 bits per heavy atom. The molecule has 0 aliphatic carbocycles. The average molecular weight is 334 g/mol. The molecular formula is C12H11BrF3N3. The van der Waals surface area contributed by atoms with Crippen LogP contribution in [0.3, 0.4) is 0 Å². The molecule has 0 saturated heterocycles. The summed E-state index contributed by atoms with van der Waals surface area (Å²) < 4.78 is 41.1. The number of alkyl halides is 3. The van der Waals surface area contributed by atoms with Gasteiger partial charge in [-0.3, -0.25) is 0 Å². The summed E-state index contributed by atoms with van der Waals surface area (Å²) in [6.45, 7) is 0.381. The first-order valence-corrected chi connectivity index (χ1v) is 6.26. The predicted octanol–water partition coefficient (Wildman–Crippen LogP) is 3.37. The van der Waals surface area contributed by atoms with Gasteiger partial charge in [0, 0.05) is 12.7 Å². The second-order valence-corrected chi connectivity index (χ2v) is 4.90. The van der Waals surface area contributed by atoms with E-state index < -0.39 is 11.7 Å².